The zero-order valence-corrected chi connectivity index (χ0v) is 23.0. The Morgan fingerprint density at radius 1 is 1.16 bits per heavy atom. The molecule has 3 N–H and O–H groups in total. The van der Waals surface area contributed by atoms with Gasteiger partial charge in [-0.3, -0.25) is 14.5 Å². The average Bonchev–Trinajstić information content (AvgIpc) is 2.90. The molecule has 2 aromatic rings. The number of guanidine groups is 1. The molecule has 3 unspecified atom stereocenters. The predicted octanol–water partition coefficient (Wildman–Crippen LogP) is 4.90. The van der Waals surface area contributed by atoms with Crippen LogP contribution in [0.5, 0.6) is 11.5 Å². The molecular formula is C30H40N4O4. The molecule has 38 heavy (non-hydrogen) atoms. The van der Waals surface area contributed by atoms with Gasteiger partial charge >= 0.3 is 0 Å². The Bertz CT molecular complexity index is 1190. The van der Waals surface area contributed by atoms with E-state index < -0.39 is 0 Å². The molecule has 0 saturated carbocycles. The Morgan fingerprint density at radius 3 is 2.74 bits per heavy atom. The van der Waals surface area contributed by atoms with Crippen LogP contribution < -0.4 is 20.5 Å². The lowest BCUT2D eigenvalue weighted by atomic mass is 9.93. The lowest BCUT2D eigenvalue weighted by molar-refractivity contribution is -0.128. The molecule has 6 bridgehead atoms. The summed E-state index contributed by atoms with van der Waals surface area (Å²) in [6, 6.07) is 11.4. The number of aliphatic imine (C=N–C) groups is 1. The van der Waals surface area contributed by atoms with Crippen molar-refractivity contribution in [2.75, 3.05) is 6.61 Å². The van der Waals surface area contributed by atoms with E-state index >= 15 is 0 Å². The summed E-state index contributed by atoms with van der Waals surface area (Å²) < 4.78 is 11.9. The molecule has 0 spiro atoms. The highest BCUT2D eigenvalue weighted by molar-refractivity contribution is 5.99. The number of fused-ring (bicyclic) bond motifs is 5. The van der Waals surface area contributed by atoms with Crippen molar-refractivity contribution in [1.29, 1.82) is 0 Å². The topological polar surface area (TPSA) is 106 Å². The number of hydrogen-bond donors (Lipinski definition) is 2. The summed E-state index contributed by atoms with van der Waals surface area (Å²) in [7, 11) is 0. The minimum absolute atomic E-state index is 0.000903. The van der Waals surface area contributed by atoms with Crippen LogP contribution in [0.15, 0.2) is 41.4 Å². The summed E-state index contributed by atoms with van der Waals surface area (Å²) in [6.45, 7) is 8.60. The lowest BCUT2D eigenvalue weighted by Crippen LogP contribution is -2.46. The fourth-order valence-electron chi connectivity index (χ4n) is 5.33. The van der Waals surface area contributed by atoms with Gasteiger partial charge in [-0.2, -0.15) is 0 Å². The van der Waals surface area contributed by atoms with E-state index in [4.69, 9.17) is 15.2 Å². The molecule has 4 aliphatic rings. The second-order valence-corrected chi connectivity index (χ2v) is 9.89. The van der Waals surface area contributed by atoms with Crippen molar-refractivity contribution in [3.05, 3.63) is 58.7 Å². The number of amides is 2. The highest BCUT2D eigenvalue weighted by Gasteiger charge is 2.30. The Labute approximate surface area is 225 Å². The zero-order chi connectivity index (χ0) is 27.2. The fourth-order valence-corrected chi connectivity index (χ4v) is 5.33. The van der Waals surface area contributed by atoms with Crippen molar-refractivity contribution in [3.63, 3.8) is 0 Å². The van der Waals surface area contributed by atoms with Crippen LogP contribution in [0.4, 0.5) is 0 Å². The second kappa shape index (κ2) is 12.3. The smallest absolute Gasteiger partial charge is 0.251 e. The summed E-state index contributed by atoms with van der Waals surface area (Å²) in [5.74, 6) is 1.45. The van der Waals surface area contributed by atoms with Gasteiger partial charge in [-0.15, -0.1) is 0 Å². The molecule has 8 heteroatoms. The van der Waals surface area contributed by atoms with E-state index in [2.05, 4.69) is 22.4 Å². The quantitative estimate of drug-likeness (QED) is 0.586. The number of rotatable bonds is 2. The Kier molecular flexibility index (Phi) is 8.92. The number of nitrogens with zero attached hydrogens (tertiary/aromatic N) is 2. The van der Waals surface area contributed by atoms with Crippen LogP contribution in [0.3, 0.4) is 0 Å². The number of benzene rings is 2. The van der Waals surface area contributed by atoms with Crippen LogP contribution >= 0.6 is 0 Å². The van der Waals surface area contributed by atoms with E-state index in [1.165, 1.54) is 10.5 Å². The first-order valence-electron chi connectivity index (χ1n) is 13.9. The number of carbonyl (C=O) groups is 2. The van der Waals surface area contributed by atoms with E-state index in [1.807, 2.05) is 33.8 Å². The van der Waals surface area contributed by atoms with Gasteiger partial charge in [-0.1, -0.05) is 32.4 Å². The van der Waals surface area contributed by atoms with Gasteiger partial charge in [0.25, 0.3) is 5.91 Å². The van der Waals surface area contributed by atoms with Gasteiger partial charge in [0.15, 0.2) is 5.96 Å². The molecule has 6 rings (SSSR count). The molecule has 204 valence electrons. The first-order chi connectivity index (χ1) is 18.4. The van der Waals surface area contributed by atoms with E-state index in [9.17, 15) is 9.59 Å². The van der Waals surface area contributed by atoms with Crippen LogP contribution in [-0.4, -0.2) is 41.4 Å². The average molecular weight is 521 g/mol. The van der Waals surface area contributed by atoms with Gasteiger partial charge in [-0.05, 0) is 62.9 Å². The molecular weight excluding hydrogens is 480 g/mol. The maximum Gasteiger partial charge on any atom is 0.251 e. The molecule has 0 aromatic heterocycles. The van der Waals surface area contributed by atoms with Gasteiger partial charge < -0.3 is 20.5 Å². The molecule has 8 nitrogen and oxygen atoms in total. The molecule has 0 radical (unpaired) electrons. The van der Waals surface area contributed by atoms with E-state index in [1.54, 1.807) is 18.2 Å². The summed E-state index contributed by atoms with van der Waals surface area (Å²) >= 11 is 0. The third kappa shape index (κ3) is 6.11. The summed E-state index contributed by atoms with van der Waals surface area (Å²) in [4.78, 5) is 32.5. The van der Waals surface area contributed by atoms with Gasteiger partial charge in [0.05, 0.1) is 31.3 Å². The predicted molar refractivity (Wildman–Crippen MR) is 148 cm³/mol. The molecule has 0 saturated heterocycles. The first-order valence-corrected chi connectivity index (χ1v) is 13.9. The molecule has 3 atom stereocenters. The maximum absolute atomic E-state index is 13.4. The minimum atomic E-state index is -0.178. The lowest BCUT2D eigenvalue weighted by Gasteiger charge is -2.32. The SMILES string of the molecule is CC.CCOc1ccc2cc1CN1C(=O)CC(CCCCc3ccc4c(c3)C(CC(C)O4)NC2=O)N=C1N. The highest BCUT2D eigenvalue weighted by Crippen LogP contribution is 2.36. The van der Waals surface area contributed by atoms with Crippen molar-refractivity contribution in [1.82, 2.24) is 10.2 Å². The summed E-state index contributed by atoms with van der Waals surface area (Å²) in [6.07, 6.45) is 4.71. The maximum atomic E-state index is 13.4. The van der Waals surface area contributed by atoms with Crippen LogP contribution in [-0.2, 0) is 17.8 Å². The number of nitrogens with one attached hydrogen (secondary N) is 1. The molecule has 4 heterocycles. The number of ether oxygens (including phenoxy) is 2. The van der Waals surface area contributed by atoms with Gasteiger partial charge in [0.2, 0.25) is 5.91 Å². The van der Waals surface area contributed by atoms with E-state index in [0.717, 1.165) is 42.6 Å². The third-order valence-corrected chi connectivity index (χ3v) is 7.16. The molecule has 0 aliphatic carbocycles. The van der Waals surface area contributed by atoms with Crippen molar-refractivity contribution in [2.24, 2.45) is 10.7 Å². The normalized spacial score (nSPS) is 23.1. The van der Waals surface area contributed by atoms with Gasteiger partial charge in [-0.25, -0.2) is 4.99 Å². The van der Waals surface area contributed by atoms with Gasteiger partial charge in [0, 0.05) is 29.5 Å². The van der Waals surface area contributed by atoms with Crippen molar-refractivity contribution < 1.29 is 19.1 Å². The molecule has 0 fully saturated rings. The molecule has 2 amide bonds. The van der Waals surface area contributed by atoms with E-state index in [0.29, 0.717) is 30.8 Å². The number of nitrogens with two attached hydrogens (primary N) is 1. The Hall–Kier alpha value is -3.55. The van der Waals surface area contributed by atoms with Crippen molar-refractivity contribution >= 4 is 17.8 Å². The first kappa shape index (κ1) is 27.5. The summed E-state index contributed by atoms with van der Waals surface area (Å²) in [5, 5.41) is 3.22. The van der Waals surface area contributed by atoms with Crippen LogP contribution in [0.1, 0.15) is 92.9 Å². The van der Waals surface area contributed by atoms with E-state index in [-0.39, 0.29) is 42.5 Å². The minimum Gasteiger partial charge on any atom is -0.494 e. The monoisotopic (exact) mass is 520 g/mol. The van der Waals surface area contributed by atoms with Crippen LogP contribution in [0.2, 0.25) is 0 Å². The van der Waals surface area contributed by atoms with Gasteiger partial charge in [0.1, 0.15) is 11.5 Å². The van der Waals surface area contributed by atoms with Crippen LogP contribution in [0.25, 0.3) is 0 Å². The number of carbonyl (C=O) groups excluding carboxylic acids is 2. The third-order valence-electron chi connectivity index (χ3n) is 7.16. The van der Waals surface area contributed by atoms with Crippen LogP contribution in [0, 0.1) is 0 Å². The second-order valence-electron chi connectivity index (χ2n) is 9.89. The number of hydrogen-bond acceptors (Lipinski definition) is 6. The Morgan fingerprint density at radius 2 is 1.97 bits per heavy atom. The standard InChI is InChI=1S/C28H34N4O4.C2H6/c1-3-35-24-11-9-19-14-20(24)16-32-26(33)15-21(30-28(32)29)7-5-4-6-18-8-10-25-22(13-18)23(31-27(19)34)12-17(2)36-25;1-2/h8-11,13-14,17,21,23H,3-7,12,15-16H2,1-2H3,(H2,29,30)(H,31,34);1-2H3. The largest absolute Gasteiger partial charge is 0.494 e. The Balaban J connectivity index is 0.00000164. The zero-order valence-electron chi connectivity index (χ0n) is 23.0. The summed E-state index contributed by atoms with van der Waals surface area (Å²) in [5.41, 5.74) is 9.72. The van der Waals surface area contributed by atoms with Crippen molar-refractivity contribution in [3.8, 4) is 11.5 Å². The highest BCUT2D eigenvalue weighted by atomic mass is 16.5. The molecule has 2 aromatic carbocycles. The number of aryl methyl sites for hydroxylation is 1. The fraction of sp³-hybridized carbons (Fsp3) is 0.500. The van der Waals surface area contributed by atoms with Crippen molar-refractivity contribution in [2.45, 2.75) is 91.0 Å². The molecule has 4 aliphatic heterocycles.